The third-order valence-corrected chi connectivity index (χ3v) is 3.29. The van der Waals surface area contributed by atoms with Gasteiger partial charge in [0.1, 0.15) is 0 Å². The van der Waals surface area contributed by atoms with Crippen LogP contribution < -0.4 is 11.1 Å². The predicted octanol–water partition coefficient (Wildman–Crippen LogP) is 3.16. The Bertz CT molecular complexity index is 410. The Kier molecular flexibility index (Phi) is 6.03. The van der Waals surface area contributed by atoms with E-state index in [-0.39, 0.29) is 6.04 Å². The molecule has 1 fully saturated rings. The van der Waals surface area contributed by atoms with Crippen LogP contribution in [-0.4, -0.2) is 18.3 Å². The molecule has 0 aromatic rings. The molecule has 3 N–H and O–H groups in total. The largest absolute Gasteiger partial charge is 0.365 e. The van der Waals surface area contributed by atoms with E-state index in [0.29, 0.717) is 12.5 Å². The van der Waals surface area contributed by atoms with Crippen LogP contribution >= 0.6 is 0 Å². The number of hydrogen-bond donors (Lipinski definition) is 2. The molecule has 0 aromatic heterocycles. The van der Waals surface area contributed by atoms with E-state index in [1.165, 1.54) is 24.0 Å². The van der Waals surface area contributed by atoms with Crippen LogP contribution in [0.15, 0.2) is 40.7 Å². The minimum atomic E-state index is 0.0962. The SMILES string of the molecule is C=CN/C(C)=C(C(C)=NC[C@@H](C)N)/C(=C\C)C1CC1. The molecule has 0 bridgehead atoms. The predicted molar refractivity (Wildman–Crippen MR) is 84.1 cm³/mol. The van der Waals surface area contributed by atoms with Crippen LogP contribution in [0.1, 0.15) is 40.5 Å². The summed E-state index contributed by atoms with van der Waals surface area (Å²) in [6, 6.07) is 0.0962. The van der Waals surface area contributed by atoms with Crippen LogP contribution in [0.5, 0.6) is 0 Å². The molecule has 0 heterocycles. The normalized spacial score (nSPS) is 19.8. The van der Waals surface area contributed by atoms with Crippen LogP contribution in [0.3, 0.4) is 0 Å². The highest BCUT2D eigenvalue weighted by molar-refractivity contribution is 6.03. The lowest BCUT2D eigenvalue weighted by Crippen LogP contribution is -2.20. The van der Waals surface area contributed by atoms with Gasteiger partial charge < -0.3 is 11.1 Å². The summed E-state index contributed by atoms with van der Waals surface area (Å²) in [5, 5.41) is 3.20. The second-order valence-corrected chi connectivity index (χ2v) is 5.27. The van der Waals surface area contributed by atoms with E-state index in [2.05, 4.69) is 43.7 Å². The van der Waals surface area contributed by atoms with Gasteiger partial charge in [-0.15, -0.1) is 0 Å². The molecule has 0 unspecified atom stereocenters. The number of aliphatic imine (C=N–C) groups is 1. The summed E-state index contributed by atoms with van der Waals surface area (Å²) in [7, 11) is 0. The van der Waals surface area contributed by atoms with Gasteiger partial charge in [-0.1, -0.05) is 12.7 Å². The Morgan fingerprint density at radius 3 is 2.53 bits per heavy atom. The molecule has 0 saturated heterocycles. The second-order valence-electron chi connectivity index (χ2n) is 5.27. The maximum absolute atomic E-state index is 5.79. The fourth-order valence-corrected chi connectivity index (χ4v) is 2.26. The van der Waals surface area contributed by atoms with E-state index in [0.717, 1.165) is 11.4 Å². The maximum atomic E-state index is 5.79. The van der Waals surface area contributed by atoms with Crippen molar-refractivity contribution in [3.05, 3.63) is 35.7 Å². The minimum absolute atomic E-state index is 0.0962. The van der Waals surface area contributed by atoms with E-state index in [1.807, 2.05) is 6.92 Å². The van der Waals surface area contributed by atoms with E-state index < -0.39 is 0 Å². The molecule has 1 saturated carbocycles. The Morgan fingerprint density at radius 2 is 2.11 bits per heavy atom. The Morgan fingerprint density at radius 1 is 1.47 bits per heavy atom. The standard InChI is InChI=1S/C16H27N3/c1-6-15(14-8-9-14)16(12(4)18-7-2)13(5)19-10-11(3)17/h6-7,11,14,18H,2,8-10,17H2,1,3-5H3/b15-6-,16-12+,19-13?/t11-/m1/s1. The fourth-order valence-electron chi connectivity index (χ4n) is 2.26. The van der Waals surface area contributed by atoms with Gasteiger partial charge in [0.2, 0.25) is 0 Å². The first kappa shape index (κ1) is 15.7. The third kappa shape index (κ3) is 4.67. The van der Waals surface area contributed by atoms with Gasteiger partial charge >= 0.3 is 0 Å². The zero-order valence-corrected chi connectivity index (χ0v) is 12.7. The third-order valence-electron chi connectivity index (χ3n) is 3.29. The Hall–Kier alpha value is -1.35. The first-order chi connectivity index (χ1) is 9.01. The molecule has 106 valence electrons. The topological polar surface area (TPSA) is 50.4 Å². The second kappa shape index (κ2) is 7.29. The number of nitrogens with two attached hydrogens (primary N) is 1. The van der Waals surface area contributed by atoms with Gasteiger partial charge in [-0.25, -0.2) is 0 Å². The van der Waals surface area contributed by atoms with Gasteiger partial charge in [0.05, 0.1) is 6.54 Å². The van der Waals surface area contributed by atoms with Crippen molar-refractivity contribution >= 4 is 5.71 Å². The molecule has 0 aliphatic heterocycles. The highest BCUT2D eigenvalue weighted by Gasteiger charge is 2.29. The van der Waals surface area contributed by atoms with Crippen LogP contribution in [0.25, 0.3) is 0 Å². The van der Waals surface area contributed by atoms with Crippen molar-refractivity contribution in [2.75, 3.05) is 6.54 Å². The lowest BCUT2D eigenvalue weighted by atomic mass is 9.95. The van der Waals surface area contributed by atoms with Crippen molar-refractivity contribution in [1.29, 1.82) is 0 Å². The van der Waals surface area contributed by atoms with Crippen molar-refractivity contribution in [3.63, 3.8) is 0 Å². The van der Waals surface area contributed by atoms with Gasteiger partial charge in [0.25, 0.3) is 0 Å². The van der Waals surface area contributed by atoms with Crippen LogP contribution in [0.2, 0.25) is 0 Å². The molecule has 0 radical (unpaired) electrons. The van der Waals surface area contributed by atoms with Gasteiger partial charge in [-0.05, 0) is 58.2 Å². The number of nitrogens with zero attached hydrogens (tertiary/aromatic N) is 1. The first-order valence-corrected chi connectivity index (χ1v) is 7.03. The van der Waals surface area contributed by atoms with E-state index in [4.69, 9.17) is 5.73 Å². The van der Waals surface area contributed by atoms with Gasteiger partial charge in [0, 0.05) is 23.0 Å². The molecule has 19 heavy (non-hydrogen) atoms. The summed E-state index contributed by atoms with van der Waals surface area (Å²) in [4.78, 5) is 4.62. The molecule has 1 aliphatic carbocycles. The summed E-state index contributed by atoms with van der Waals surface area (Å²) in [6.45, 7) is 12.6. The van der Waals surface area contributed by atoms with Crippen LogP contribution in [-0.2, 0) is 0 Å². The van der Waals surface area contributed by atoms with Crippen molar-refractivity contribution < 1.29 is 0 Å². The molecule has 0 spiro atoms. The molecule has 1 atom stereocenters. The Balaban J connectivity index is 3.08. The number of allylic oxidation sites excluding steroid dienone is 4. The van der Waals surface area contributed by atoms with Crippen molar-refractivity contribution in [1.82, 2.24) is 5.32 Å². The van der Waals surface area contributed by atoms with Crippen molar-refractivity contribution in [2.24, 2.45) is 16.6 Å². The summed E-state index contributed by atoms with van der Waals surface area (Å²) in [6.07, 6.45) is 6.50. The fraction of sp³-hybridized carbons (Fsp3) is 0.562. The molecular formula is C16H27N3. The quantitative estimate of drug-likeness (QED) is 0.546. The van der Waals surface area contributed by atoms with E-state index in [1.54, 1.807) is 6.20 Å². The minimum Gasteiger partial charge on any atom is -0.365 e. The first-order valence-electron chi connectivity index (χ1n) is 7.03. The number of nitrogens with one attached hydrogen (secondary N) is 1. The highest BCUT2D eigenvalue weighted by Crippen LogP contribution is 2.41. The van der Waals surface area contributed by atoms with E-state index >= 15 is 0 Å². The zero-order valence-electron chi connectivity index (χ0n) is 12.7. The van der Waals surface area contributed by atoms with E-state index in [9.17, 15) is 0 Å². The van der Waals surface area contributed by atoms with Gasteiger partial charge in [-0.3, -0.25) is 4.99 Å². The number of rotatable bonds is 7. The summed E-state index contributed by atoms with van der Waals surface area (Å²) < 4.78 is 0. The smallest absolute Gasteiger partial charge is 0.0541 e. The van der Waals surface area contributed by atoms with Crippen molar-refractivity contribution in [3.8, 4) is 0 Å². The molecule has 3 nitrogen and oxygen atoms in total. The van der Waals surface area contributed by atoms with Gasteiger partial charge in [0.15, 0.2) is 0 Å². The lowest BCUT2D eigenvalue weighted by molar-refractivity contribution is 0.753. The maximum Gasteiger partial charge on any atom is 0.0541 e. The highest BCUT2D eigenvalue weighted by atomic mass is 14.9. The summed E-state index contributed by atoms with van der Waals surface area (Å²) >= 11 is 0. The molecular weight excluding hydrogens is 234 g/mol. The van der Waals surface area contributed by atoms with Crippen LogP contribution in [0.4, 0.5) is 0 Å². The molecule has 1 aliphatic rings. The van der Waals surface area contributed by atoms with Crippen molar-refractivity contribution in [2.45, 2.75) is 46.6 Å². The van der Waals surface area contributed by atoms with Gasteiger partial charge in [-0.2, -0.15) is 0 Å². The molecule has 1 rings (SSSR count). The average Bonchev–Trinajstić information content (AvgIpc) is 3.17. The monoisotopic (exact) mass is 261 g/mol. The average molecular weight is 261 g/mol. The van der Waals surface area contributed by atoms with Crippen LogP contribution in [0, 0.1) is 5.92 Å². The molecule has 3 heteroatoms. The zero-order chi connectivity index (χ0) is 14.4. The molecule has 0 amide bonds. The summed E-state index contributed by atoms with van der Waals surface area (Å²) in [5.41, 5.74) is 10.6. The lowest BCUT2D eigenvalue weighted by Gasteiger charge is -2.16. The Labute approximate surface area is 117 Å². The number of hydrogen-bond acceptors (Lipinski definition) is 3. The molecule has 0 aromatic carbocycles. The summed E-state index contributed by atoms with van der Waals surface area (Å²) in [5.74, 6) is 0.696.